The highest BCUT2D eigenvalue weighted by Gasteiger charge is 2.64. The second-order valence-electron chi connectivity index (χ2n) is 13.9. The molecule has 0 aromatic heterocycles. The van der Waals surface area contributed by atoms with Gasteiger partial charge in [-0.2, -0.15) is 0 Å². The molecule has 0 saturated heterocycles. The summed E-state index contributed by atoms with van der Waals surface area (Å²) < 4.78 is 5.93. The molecule has 2 saturated carbocycles. The number of esters is 1. The van der Waals surface area contributed by atoms with Gasteiger partial charge in [-0.3, -0.25) is 14.4 Å². The van der Waals surface area contributed by atoms with Crippen molar-refractivity contribution in [2.75, 3.05) is 0 Å². The molecule has 0 spiro atoms. The van der Waals surface area contributed by atoms with E-state index in [4.69, 9.17) is 4.74 Å². The van der Waals surface area contributed by atoms with E-state index in [1.54, 1.807) is 24.3 Å². The Morgan fingerprint density at radius 3 is 2.33 bits per heavy atom. The summed E-state index contributed by atoms with van der Waals surface area (Å²) in [6, 6.07) is 8.76. The van der Waals surface area contributed by atoms with Gasteiger partial charge in [-0.05, 0) is 66.6 Å². The van der Waals surface area contributed by atoms with Crippen LogP contribution < -0.4 is 0 Å². The van der Waals surface area contributed by atoms with E-state index < -0.39 is 34.9 Å². The van der Waals surface area contributed by atoms with Crippen LogP contribution in [0.5, 0.6) is 0 Å². The van der Waals surface area contributed by atoms with E-state index in [0.717, 1.165) is 24.0 Å². The lowest BCUT2D eigenvalue weighted by Gasteiger charge is -2.47. The first kappa shape index (κ1) is 28.9. The van der Waals surface area contributed by atoms with Crippen molar-refractivity contribution in [3.8, 4) is 0 Å². The Morgan fingerprint density at radius 1 is 1.00 bits per heavy atom. The Hall–Kier alpha value is -2.60. The van der Waals surface area contributed by atoms with E-state index in [0.29, 0.717) is 24.8 Å². The molecule has 2 fully saturated rings. The van der Waals surface area contributed by atoms with Crippen molar-refractivity contribution in [3.05, 3.63) is 47.0 Å². The number of aliphatic hydroxyl groups is 1. The molecular formula is C34H44O6. The number of carbonyl (C=O) groups is 4. The molecule has 0 aliphatic heterocycles. The van der Waals surface area contributed by atoms with Crippen molar-refractivity contribution in [1.29, 1.82) is 0 Å². The van der Waals surface area contributed by atoms with Crippen LogP contribution in [-0.4, -0.2) is 40.6 Å². The van der Waals surface area contributed by atoms with Crippen molar-refractivity contribution < 1.29 is 29.0 Å². The first-order valence-corrected chi connectivity index (χ1v) is 15.1. The van der Waals surface area contributed by atoms with Crippen molar-refractivity contribution in [3.63, 3.8) is 0 Å². The van der Waals surface area contributed by atoms with Crippen molar-refractivity contribution in [2.45, 2.75) is 92.3 Å². The summed E-state index contributed by atoms with van der Waals surface area (Å²) >= 11 is 0. The highest BCUT2D eigenvalue weighted by atomic mass is 16.5. The van der Waals surface area contributed by atoms with E-state index in [1.807, 2.05) is 33.8 Å². The van der Waals surface area contributed by atoms with Crippen LogP contribution >= 0.6 is 0 Å². The van der Waals surface area contributed by atoms with E-state index in [2.05, 4.69) is 13.8 Å². The molecule has 4 aliphatic rings. The summed E-state index contributed by atoms with van der Waals surface area (Å²) in [6.07, 6.45) is 1.73. The monoisotopic (exact) mass is 548 g/mol. The fraction of sp³-hybridized carbons (Fsp3) is 0.647. The summed E-state index contributed by atoms with van der Waals surface area (Å²) in [7, 11) is 0. The zero-order valence-electron chi connectivity index (χ0n) is 24.7. The molecule has 0 heterocycles. The molecule has 1 aromatic rings. The summed E-state index contributed by atoms with van der Waals surface area (Å²) in [5.41, 5.74) is 1.16. The highest BCUT2D eigenvalue weighted by molar-refractivity contribution is 6.05. The van der Waals surface area contributed by atoms with Gasteiger partial charge in [0.2, 0.25) is 0 Å². The Kier molecular flexibility index (Phi) is 7.48. The number of benzene rings is 1. The molecule has 1 aromatic carbocycles. The Morgan fingerprint density at radius 2 is 1.68 bits per heavy atom. The molecule has 0 radical (unpaired) electrons. The van der Waals surface area contributed by atoms with Crippen LogP contribution in [-0.2, 0) is 19.1 Å². The summed E-state index contributed by atoms with van der Waals surface area (Å²) in [4.78, 5) is 53.4. The second-order valence-corrected chi connectivity index (χ2v) is 13.9. The van der Waals surface area contributed by atoms with Gasteiger partial charge in [0.15, 0.2) is 17.7 Å². The van der Waals surface area contributed by atoms with Crippen LogP contribution in [0.3, 0.4) is 0 Å². The topological polar surface area (TPSA) is 97.7 Å². The molecule has 6 heteroatoms. The van der Waals surface area contributed by atoms with Gasteiger partial charge in [0.25, 0.3) is 0 Å². The van der Waals surface area contributed by atoms with Gasteiger partial charge in [0, 0.05) is 41.6 Å². The fourth-order valence-electron chi connectivity index (χ4n) is 8.74. The molecule has 4 aliphatic carbocycles. The number of carbonyl (C=O) groups excluding carboxylic acids is 4. The first-order chi connectivity index (χ1) is 18.8. The number of allylic oxidation sites excluding steroid dienone is 1. The Balaban J connectivity index is 1.43. The third-order valence-corrected chi connectivity index (χ3v) is 11.4. The zero-order valence-corrected chi connectivity index (χ0v) is 24.7. The normalized spacial score (nSPS) is 35.6. The lowest BCUT2D eigenvalue weighted by Crippen LogP contribution is -2.47. The molecule has 0 bridgehead atoms. The first-order valence-electron chi connectivity index (χ1n) is 15.1. The number of fused-ring (bicyclic) bond motifs is 4. The van der Waals surface area contributed by atoms with Crippen LogP contribution in [0.15, 0.2) is 41.5 Å². The van der Waals surface area contributed by atoms with E-state index in [1.165, 1.54) is 0 Å². The molecule has 0 amide bonds. The molecule has 216 valence electrons. The highest BCUT2D eigenvalue weighted by Crippen LogP contribution is 2.66. The molecular weight excluding hydrogens is 504 g/mol. The zero-order chi connectivity index (χ0) is 29.1. The van der Waals surface area contributed by atoms with Crippen molar-refractivity contribution in [1.82, 2.24) is 0 Å². The molecule has 9 atom stereocenters. The number of hydrogen-bond acceptors (Lipinski definition) is 6. The maximum absolute atomic E-state index is 14.2. The van der Waals surface area contributed by atoms with Crippen LogP contribution in [0.2, 0.25) is 0 Å². The Labute approximate surface area is 237 Å². The lowest BCUT2D eigenvalue weighted by molar-refractivity contribution is -0.138. The number of ether oxygens (including phenoxy) is 1. The van der Waals surface area contributed by atoms with Gasteiger partial charge in [0.05, 0.1) is 11.7 Å². The average Bonchev–Trinajstić information content (AvgIpc) is 3.37. The minimum absolute atomic E-state index is 0.0379. The molecule has 40 heavy (non-hydrogen) atoms. The lowest BCUT2D eigenvalue weighted by atomic mass is 9.57. The van der Waals surface area contributed by atoms with Crippen LogP contribution in [0.25, 0.3) is 0 Å². The van der Waals surface area contributed by atoms with Crippen LogP contribution in [0, 0.1) is 46.3 Å². The average molecular weight is 549 g/mol. The van der Waals surface area contributed by atoms with Gasteiger partial charge in [-0.15, -0.1) is 0 Å². The summed E-state index contributed by atoms with van der Waals surface area (Å²) in [5.74, 6) is -1.33. The maximum atomic E-state index is 14.2. The predicted molar refractivity (Wildman–Crippen MR) is 151 cm³/mol. The largest absolute Gasteiger partial charge is 0.450 e. The second kappa shape index (κ2) is 10.3. The standard InChI is InChI=1S/C34H44O6/c1-18(2)19(3)31(40-32(39)21-10-8-7-9-11-21)29(37)20(4)23-12-13-24-27-28(26(36)17-34(23,24)6)33(5)15-14-22(35)16-25(33)30(27)38/h7-11,18-20,23-26,31,36H,12-17H2,1-6H3/t19-,20+,23-,24+,25?,26-,31+,33+,34-/m1/s1. The van der Waals surface area contributed by atoms with Crippen molar-refractivity contribution >= 4 is 23.3 Å². The van der Waals surface area contributed by atoms with E-state index >= 15 is 0 Å². The third-order valence-electron chi connectivity index (χ3n) is 11.4. The molecule has 1 N–H and O–H groups in total. The summed E-state index contributed by atoms with van der Waals surface area (Å²) in [5, 5.41) is 11.6. The van der Waals surface area contributed by atoms with Gasteiger partial charge in [-0.1, -0.05) is 59.7 Å². The quantitative estimate of drug-likeness (QED) is 0.435. The maximum Gasteiger partial charge on any atom is 0.338 e. The van der Waals surface area contributed by atoms with E-state index in [-0.39, 0.29) is 53.4 Å². The van der Waals surface area contributed by atoms with E-state index in [9.17, 15) is 24.3 Å². The summed E-state index contributed by atoms with van der Waals surface area (Å²) in [6.45, 7) is 12.1. The third kappa shape index (κ3) is 4.42. The van der Waals surface area contributed by atoms with Gasteiger partial charge in [-0.25, -0.2) is 4.79 Å². The smallest absolute Gasteiger partial charge is 0.338 e. The number of rotatable bonds is 7. The fourth-order valence-corrected chi connectivity index (χ4v) is 8.74. The van der Waals surface area contributed by atoms with Crippen LogP contribution in [0.4, 0.5) is 0 Å². The number of hydrogen-bond donors (Lipinski definition) is 1. The minimum Gasteiger partial charge on any atom is -0.450 e. The van der Waals surface area contributed by atoms with Gasteiger partial charge < -0.3 is 9.84 Å². The van der Waals surface area contributed by atoms with Crippen molar-refractivity contribution in [2.24, 2.45) is 46.3 Å². The number of ketones is 3. The van der Waals surface area contributed by atoms with Gasteiger partial charge in [0.1, 0.15) is 5.78 Å². The number of aliphatic hydroxyl groups excluding tert-OH is 1. The number of Topliss-reactive ketones (excluding diaryl/α,β-unsaturated/α-hetero) is 3. The molecule has 5 rings (SSSR count). The van der Waals surface area contributed by atoms with Crippen LogP contribution in [0.1, 0.15) is 90.4 Å². The molecule has 1 unspecified atom stereocenters. The minimum atomic E-state index is -0.880. The Bertz CT molecular complexity index is 1250. The predicted octanol–water partition coefficient (Wildman–Crippen LogP) is 5.76. The molecule has 6 nitrogen and oxygen atoms in total. The van der Waals surface area contributed by atoms with Gasteiger partial charge >= 0.3 is 5.97 Å². The SMILES string of the molecule is CC(C)[C@@H](C)[C@H](OC(=O)c1ccccc1)C(=O)[C@@H](C)[C@H]1CC[C@H]2C3=C([C@H](O)C[C@]12C)[C@@]1(C)CCC(=O)CC1C3=O.